The summed E-state index contributed by atoms with van der Waals surface area (Å²) in [4.78, 5) is 0. The van der Waals surface area contributed by atoms with Gasteiger partial charge >= 0.3 is 0 Å². The van der Waals surface area contributed by atoms with Crippen LogP contribution in [-0.4, -0.2) is 6.61 Å². The van der Waals surface area contributed by atoms with E-state index in [4.69, 9.17) is 22.1 Å². The Morgan fingerprint density at radius 3 is 3.07 bits per heavy atom. The highest BCUT2D eigenvalue weighted by Crippen LogP contribution is 2.39. The van der Waals surface area contributed by atoms with E-state index in [1.54, 1.807) is 6.07 Å². The second kappa shape index (κ2) is 3.54. The van der Waals surface area contributed by atoms with Crippen LogP contribution < -0.4 is 10.5 Å². The van der Waals surface area contributed by atoms with Gasteiger partial charge in [-0.05, 0) is 13.0 Å². The standard InChI is InChI=1S/C11H12ClNO/c1-2-3-7-8-4-5-14-11(8)9(12)6-10(7)13/h2-3,6H,4-5,13H2,1H3. The van der Waals surface area contributed by atoms with Gasteiger partial charge in [-0.3, -0.25) is 0 Å². The first-order chi connectivity index (χ1) is 6.74. The largest absolute Gasteiger partial charge is 0.491 e. The molecule has 0 atom stereocenters. The molecule has 0 spiro atoms. The van der Waals surface area contributed by atoms with Crippen LogP contribution in [0.5, 0.6) is 5.75 Å². The summed E-state index contributed by atoms with van der Waals surface area (Å²) in [5, 5.41) is 0.614. The molecule has 74 valence electrons. The van der Waals surface area contributed by atoms with Crippen molar-refractivity contribution in [1.82, 2.24) is 0 Å². The maximum atomic E-state index is 6.02. The average Bonchev–Trinajstić information content (AvgIpc) is 2.60. The Morgan fingerprint density at radius 2 is 2.36 bits per heavy atom. The van der Waals surface area contributed by atoms with Gasteiger partial charge in [-0.25, -0.2) is 0 Å². The van der Waals surface area contributed by atoms with Crippen LogP contribution in [0.15, 0.2) is 12.1 Å². The maximum Gasteiger partial charge on any atom is 0.141 e. The Labute approximate surface area is 88.3 Å². The highest BCUT2D eigenvalue weighted by Gasteiger charge is 2.20. The van der Waals surface area contributed by atoms with Gasteiger partial charge in [0.2, 0.25) is 0 Å². The monoisotopic (exact) mass is 209 g/mol. The number of anilines is 1. The topological polar surface area (TPSA) is 35.2 Å². The Bertz CT molecular complexity index is 399. The fourth-order valence-corrected chi connectivity index (χ4v) is 2.03. The minimum absolute atomic E-state index is 0.614. The zero-order valence-electron chi connectivity index (χ0n) is 8.01. The molecule has 14 heavy (non-hydrogen) atoms. The van der Waals surface area contributed by atoms with Crippen molar-refractivity contribution in [3.63, 3.8) is 0 Å². The first kappa shape index (κ1) is 9.41. The summed E-state index contributed by atoms with van der Waals surface area (Å²) in [5.41, 5.74) is 8.79. The number of ether oxygens (including phenoxy) is 1. The highest BCUT2D eigenvalue weighted by molar-refractivity contribution is 6.32. The average molecular weight is 210 g/mol. The smallest absolute Gasteiger partial charge is 0.141 e. The van der Waals surface area contributed by atoms with E-state index in [9.17, 15) is 0 Å². The van der Waals surface area contributed by atoms with Crippen molar-refractivity contribution in [1.29, 1.82) is 0 Å². The van der Waals surface area contributed by atoms with Crippen molar-refractivity contribution in [3.8, 4) is 5.75 Å². The number of nitrogen functional groups attached to an aromatic ring is 1. The van der Waals surface area contributed by atoms with E-state index in [-0.39, 0.29) is 0 Å². The van der Waals surface area contributed by atoms with E-state index in [0.29, 0.717) is 11.6 Å². The molecule has 2 rings (SSSR count). The first-order valence-corrected chi connectivity index (χ1v) is 4.98. The summed E-state index contributed by atoms with van der Waals surface area (Å²) in [7, 11) is 0. The van der Waals surface area contributed by atoms with Crippen LogP contribution >= 0.6 is 11.6 Å². The molecule has 1 aromatic rings. The molecule has 0 unspecified atom stereocenters. The molecule has 0 amide bonds. The third-order valence-electron chi connectivity index (χ3n) is 2.34. The Balaban J connectivity index is 2.65. The number of fused-ring (bicyclic) bond motifs is 1. The molecular formula is C11H12ClNO. The lowest BCUT2D eigenvalue weighted by atomic mass is 10.0. The fourth-order valence-electron chi connectivity index (χ4n) is 1.74. The van der Waals surface area contributed by atoms with Crippen LogP contribution in [0.25, 0.3) is 6.08 Å². The van der Waals surface area contributed by atoms with Gasteiger partial charge in [0.05, 0.1) is 11.6 Å². The summed E-state index contributed by atoms with van der Waals surface area (Å²) < 4.78 is 5.45. The molecule has 0 aromatic heterocycles. The third kappa shape index (κ3) is 1.36. The van der Waals surface area contributed by atoms with Crippen molar-refractivity contribution in [3.05, 3.63) is 28.3 Å². The Hall–Kier alpha value is -1.15. The summed E-state index contributed by atoms with van der Waals surface area (Å²) in [6.45, 7) is 2.67. The van der Waals surface area contributed by atoms with E-state index in [0.717, 1.165) is 29.0 Å². The van der Waals surface area contributed by atoms with Crippen LogP contribution in [0.3, 0.4) is 0 Å². The van der Waals surface area contributed by atoms with Crippen LogP contribution in [0.2, 0.25) is 5.02 Å². The fraction of sp³-hybridized carbons (Fsp3) is 0.273. The summed E-state index contributed by atoms with van der Waals surface area (Å²) >= 11 is 6.02. The van der Waals surface area contributed by atoms with E-state index in [1.165, 1.54) is 0 Å². The second-order valence-corrected chi connectivity index (χ2v) is 3.67. The predicted octanol–water partition coefficient (Wildman–Crippen LogP) is 2.89. The summed E-state index contributed by atoms with van der Waals surface area (Å²) in [6.07, 6.45) is 4.86. The SMILES string of the molecule is CC=Cc1c(N)cc(Cl)c2c1CCO2. The number of nitrogens with two attached hydrogens (primary N) is 1. The molecule has 1 aromatic carbocycles. The molecule has 0 bridgehead atoms. The van der Waals surface area contributed by atoms with Gasteiger partial charge in [0, 0.05) is 23.2 Å². The van der Waals surface area contributed by atoms with Gasteiger partial charge in [-0.15, -0.1) is 0 Å². The molecule has 1 aliphatic heterocycles. The molecule has 0 radical (unpaired) electrons. The van der Waals surface area contributed by atoms with Crippen LogP contribution in [0, 0.1) is 0 Å². The lowest BCUT2D eigenvalue weighted by Crippen LogP contribution is -1.94. The zero-order chi connectivity index (χ0) is 10.1. The summed E-state index contributed by atoms with van der Waals surface area (Å²) in [5.74, 6) is 0.800. The minimum atomic E-state index is 0.614. The van der Waals surface area contributed by atoms with E-state index >= 15 is 0 Å². The van der Waals surface area contributed by atoms with Crippen molar-refractivity contribution in [2.75, 3.05) is 12.3 Å². The molecule has 3 heteroatoms. The second-order valence-electron chi connectivity index (χ2n) is 3.27. The lowest BCUT2D eigenvalue weighted by molar-refractivity contribution is 0.357. The number of benzene rings is 1. The quantitative estimate of drug-likeness (QED) is 0.722. The molecule has 0 aliphatic carbocycles. The third-order valence-corrected chi connectivity index (χ3v) is 2.62. The summed E-state index contributed by atoms with van der Waals surface area (Å²) in [6, 6.07) is 1.75. The Morgan fingerprint density at radius 1 is 1.57 bits per heavy atom. The maximum absolute atomic E-state index is 6.02. The normalized spacial score (nSPS) is 14.4. The van der Waals surface area contributed by atoms with Crippen molar-refractivity contribution >= 4 is 23.4 Å². The predicted molar refractivity (Wildman–Crippen MR) is 59.8 cm³/mol. The van der Waals surface area contributed by atoms with Gasteiger partial charge in [-0.1, -0.05) is 23.8 Å². The highest BCUT2D eigenvalue weighted by atomic mass is 35.5. The van der Waals surface area contributed by atoms with Crippen molar-refractivity contribution in [2.45, 2.75) is 13.3 Å². The van der Waals surface area contributed by atoms with E-state index < -0.39 is 0 Å². The molecule has 0 fully saturated rings. The van der Waals surface area contributed by atoms with Crippen molar-refractivity contribution in [2.24, 2.45) is 0 Å². The Kier molecular flexibility index (Phi) is 2.38. The first-order valence-electron chi connectivity index (χ1n) is 4.60. The van der Waals surface area contributed by atoms with E-state index in [1.807, 2.05) is 19.1 Å². The molecule has 2 nitrogen and oxygen atoms in total. The number of rotatable bonds is 1. The number of hydrogen-bond acceptors (Lipinski definition) is 2. The molecule has 0 saturated heterocycles. The number of halogens is 1. The van der Waals surface area contributed by atoms with Gasteiger partial charge in [0.15, 0.2) is 0 Å². The van der Waals surface area contributed by atoms with Crippen LogP contribution in [0.1, 0.15) is 18.1 Å². The lowest BCUT2D eigenvalue weighted by Gasteiger charge is -2.08. The van der Waals surface area contributed by atoms with Gasteiger partial charge < -0.3 is 10.5 Å². The van der Waals surface area contributed by atoms with Crippen LogP contribution in [0.4, 0.5) is 5.69 Å². The molecular weight excluding hydrogens is 198 g/mol. The number of hydrogen-bond donors (Lipinski definition) is 1. The molecule has 0 saturated carbocycles. The van der Waals surface area contributed by atoms with Gasteiger partial charge in [-0.2, -0.15) is 0 Å². The van der Waals surface area contributed by atoms with Crippen molar-refractivity contribution < 1.29 is 4.74 Å². The minimum Gasteiger partial charge on any atom is -0.491 e. The van der Waals surface area contributed by atoms with E-state index in [2.05, 4.69) is 0 Å². The van der Waals surface area contributed by atoms with Crippen LogP contribution in [-0.2, 0) is 6.42 Å². The van der Waals surface area contributed by atoms with Gasteiger partial charge in [0.25, 0.3) is 0 Å². The zero-order valence-corrected chi connectivity index (χ0v) is 8.77. The molecule has 2 N–H and O–H groups in total. The number of allylic oxidation sites excluding steroid dienone is 1. The molecule has 1 aliphatic rings. The van der Waals surface area contributed by atoms with Gasteiger partial charge in [0.1, 0.15) is 5.75 Å². The molecule has 1 heterocycles.